The summed E-state index contributed by atoms with van der Waals surface area (Å²) >= 11 is 0. The number of nitrogens with zero attached hydrogens (tertiary/aromatic N) is 2. The van der Waals surface area contributed by atoms with Gasteiger partial charge in [0.1, 0.15) is 0 Å². The second-order valence-corrected chi connectivity index (χ2v) is 7.11. The van der Waals surface area contributed by atoms with E-state index in [1.54, 1.807) is 26.0 Å². The number of amides is 1. The molecule has 1 aliphatic heterocycles. The summed E-state index contributed by atoms with van der Waals surface area (Å²) in [7, 11) is 5.30. The molecule has 0 atom stereocenters. The van der Waals surface area contributed by atoms with E-state index in [0.29, 0.717) is 6.10 Å². The van der Waals surface area contributed by atoms with Crippen molar-refractivity contribution in [2.45, 2.75) is 31.8 Å². The van der Waals surface area contributed by atoms with Gasteiger partial charge in [-0.1, -0.05) is 12.1 Å². The summed E-state index contributed by atoms with van der Waals surface area (Å²) < 4.78 is 11.2. The van der Waals surface area contributed by atoms with E-state index in [1.165, 1.54) is 0 Å². The van der Waals surface area contributed by atoms with Gasteiger partial charge in [0.15, 0.2) is 5.96 Å². The maximum atomic E-state index is 12.1. The van der Waals surface area contributed by atoms with E-state index in [4.69, 9.17) is 9.47 Å². The molecule has 0 spiro atoms. The monoisotopic (exact) mass is 518 g/mol. The molecule has 0 radical (unpaired) electrons. The molecule has 2 rings (SSSR count). The second kappa shape index (κ2) is 14.6. The molecule has 0 saturated carbocycles. The van der Waals surface area contributed by atoms with Gasteiger partial charge in [0, 0.05) is 59.6 Å². The van der Waals surface area contributed by atoms with Crippen molar-refractivity contribution in [3.8, 4) is 0 Å². The number of nitrogens with one attached hydrogen (secondary N) is 2. The molecule has 1 aromatic carbocycles. The van der Waals surface area contributed by atoms with E-state index in [-0.39, 0.29) is 29.9 Å². The van der Waals surface area contributed by atoms with Gasteiger partial charge in [-0.3, -0.25) is 9.79 Å². The van der Waals surface area contributed by atoms with Crippen molar-refractivity contribution in [2.75, 3.05) is 54.1 Å². The fourth-order valence-corrected chi connectivity index (χ4v) is 3.04. The molecule has 0 unspecified atom stereocenters. The van der Waals surface area contributed by atoms with E-state index in [2.05, 4.69) is 15.6 Å². The van der Waals surface area contributed by atoms with E-state index in [0.717, 1.165) is 75.7 Å². The van der Waals surface area contributed by atoms with Crippen LogP contribution in [0.1, 0.15) is 35.2 Å². The second-order valence-electron chi connectivity index (χ2n) is 7.11. The smallest absolute Gasteiger partial charge is 0.253 e. The number of guanidine groups is 1. The van der Waals surface area contributed by atoms with Crippen molar-refractivity contribution in [1.82, 2.24) is 15.5 Å². The van der Waals surface area contributed by atoms with Gasteiger partial charge >= 0.3 is 0 Å². The SMILES string of the molecule is CN=C(NCCCOC1CCOCC1)NCCc1cccc(C(=O)N(C)C)c1.I. The molecule has 2 N–H and O–H groups in total. The third kappa shape index (κ3) is 9.77. The quantitative estimate of drug-likeness (QED) is 0.227. The molecule has 1 amide bonds. The van der Waals surface area contributed by atoms with Gasteiger partial charge in [-0.15, -0.1) is 24.0 Å². The molecule has 1 aliphatic rings. The Morgan fingerprint density at radius 1 is 1.24 bits per heavy atom. The normalized spacial score (nSPS) is 14.8. The van der Waals surface area contributed by atoms with Crippen LogP contribution in [-0.2, 0) is 15.9 Å². The van der Waals surface area contributed by atoms with Crippen molar-refractivity contribution in [1.29, 1.82) is 0 Å². The molecule has 1 aromatic rings. The molecule has 0 aliphatic carbocycles. The van der Waals surface area contributed by atoms with Gasteiger partial charge in [0.2, 0.25) is 0 Å². The maximum absolute atomic E-state index is 12.1. The number of hydrogen-bond donors (Lipinski definition) is 2. The molecule has 29 heavy (non-hydrogen) atoms. The Balaban J connectivity index is 0.00000420. The molecule has 8 heteroatoms. The summed E-state index contributed by atoms with van der Waals surface area (Å²) in [5.41, 5.74) is 1.84. The molecule has 1 heterocycles. The van der Waals surface area contributed by atoms with Crippen molar-refractivity contribution in [3.05, 3.63) is 35.4 Å². The predicted octanol–water partition coefficient (Wildman–Crippen LogP) is 2.30. The van der Waals surface area contributed by atoms with Gasteiger partial charge in [-0.05, 0) is 43.4 Å². The number of benzene rings is 1. The summed E-state index contributed by atoms with van der Waals surface area (Å²) in [4.78, 5) is 17.9. The molecule has 7 nitrogen and oxygen atoms in total. The van der Waals surface area contributed by atoms with Crippen molar-refractivity contribution < 1.29 is 14.3 Å². The standard InChI is InChI=1S/C21H34N4O3.HI/c1-22-21(23-11-5-13-28-19-9-14-27-15-10-19)24-12-8-17-6-4-7-18(16-17)20(26)25(2)3;/h4,6-7,16,19H,5,8-15H2,1-3H3,(H2,22,23,24);1H. The molecule has 1 saturated heterocycles. The highest BCUT2D eigenvalue weighted by Gasteiger charge is 2.13. The first kappa shape index (κ1) is 25.6. The fraction of sp³-hybridized carbons (Fsp3) is 0.619. The zero-order valence-corrected chi connectivity index (χ0v) is 20.1. The fourth-order valence-electron chi connectivity index (χ4n) is 3.04. The zero-order chi connectivity index (χ0) is 20.2. The number of ether oxygens (including phenoxy) is 2. The van der Waals surface area contributed by atoms with E-state index in [1.807, 2.05) is 24.3 Å². The van der Waals surface area contributed by atoms with Gasteiger partial charge < -0.3 is 25.0 Å². The van der Waals surface area contributed by atoms with E-state index >= 15 is 0 Å². The lowest BCUT2D eigenvalue weighted by Crippen LogP contribution is -2.39. The summed E-state index contributed by atoms with van der Waals surface area (Å²) in [6, 6.07) is 7.77. The van der Waals surface area contributed by atoms with Crippen LogP contribution in [-0.4, -0.2) is 76.9 Å². The van der Waals surface area contributed by atoms with Crippen molar-refractivity contribution >= 4 is 35.8 Å². The summed E-state index contributed by atoms with van der Waals surface area (Å²) in [5, 5.41) is 6.63. The minimum absolute atomic E-state index is 0. The Labute approximate surface area is 191 Å². The topological polar surface area (TPSA) is 75.2 Å². The summed E-state index contributed by atoms with van der Waals surface area (Å²) in [6.07, 6.45) is 4.10. The van der Waals surface area contributed by atoms with Gasteiger partial charge in [-0.25, -0.2) is 0 Å². The number of carbonyl (C=O) groups is 1. The first-order chi connectivity index (χ1) is 13.6. The Kier molecular flexibility index (Phi) is 12.9. The lowest BCUT2D eigenvalue weighted by atomic mass is 10.1. The van der Waals surface area contributed by atoms with Crippen LogP contribution in [0, 0.1) is 0 Å². The number of aliphatic imine (C=N–C) groups is 1. The Bertz CT molecular complexity index is 634. The third-order valence-corrected chi connectivity index (χ3v) is 4.65. The predicted molar refractivity (Wildman–Crippen MR) is 127 cm³/mol. The average molecular weight is 518 g/mol. The minimum atomic E-state index is 0. The summed E-state index contributed by atoms with van der Waals surface area (Å²) in [5.74, 6) is 0.807. The third-order valence-electron chi connectivity index (χ3n) is 4.65. The molecule has 1 fully saturated rings. The van der Waals surface area contributed by atoms with Crippen LogP contribution in [0.15, 0.2) is 29.3 Å². The highest BCUT2D eigenvalue weighted by molar-refractivity contribution is 14.0. The highest BCUT2D eigenvalue weighted by atomic mass is 127. The van der Waals surface area contributed by atoms with E-state index < -0.39 is 0 Å². The Morgan fingerprint density at radius 3 is 2.66 bits per heavy atom. The zero-order valence-electron chi connectivity index (χ0n) is 17.8. The lowest BCUT2D eigenvalue weighted by Gasteiger charge is -2.22. The van der Waals surface area contributed by atoms with Crippen molar-refractivity contribution in [2.24, 2.45) is 4.99 Å². The van der Waals surface area contributed by atoms with Crippen LogP contribution >= 0.6 is 24.0 Å². The van der Waals surface area contributed by atoms with Crippen LogP contribution in [0.2, 0.25) is 0 Å². The van der Waals surface area contributed by atoms with Crippen LogP contribution in [0.3, 0.4) is 0 Å². The van der Waals surface area contributed by atoms with Crippen LogP contribution in [0.4, 0.5) is 0 Å². The average Bonchev–Trinajstić information content (AvgIpc) is 2.72. The summed E-state index contributed by atoms with van der Waals surface area (Å²) in [6.45, 7) is 3.94. The molecule has 0 bridgehead atoms. The maximum Gasteiger partial charge on any atom is 0.253 e. The Hall–Kier alpha value is -1.39. The van der Waals surface area contributed by atoms with Crippen LogP contribution < -0.4 is 10.6 Å². The first-order valence-electron chi connectivity index (χ1n) is 10.0. The number of halogens is 1. The first-order valence-corrected chi connectivity index (χ1v) is 10.0. The highest BCUT2D eigenvalue weighted by Crippen LogP contribution is 2.10. The minimum Gasteiger partial charge on any atom is -0.381 e. The number of hydrogen-bond acceptors (Lipinski definition) is 4. The lowest BCUT2D eigenvalue weighted by molar-refractivity contribution is -0.0320. The van der Waals surface area contributed by atoms with Gasteiger partial charge in [0.25, 0.3) is 5.91 Å². The van der Waals surface area contributed by atoms with Crippen LogP contribution in [0.25, 0.3) is 0 Å². The van der Waals surface area contributed by atoms with Gasteiger partial charge in [0.05, 0.1) is 6.10 Å². The largest absolute Gasteiger partial charge is 0.381 e. The Morgan fingerprint density at radius 2 is 1.97 bits per heavy atom. The van der Waals surface area contributed by atoms with E-state index in [9.17, 15) is 4.79 Å². The molecular weight excluding hydrogens is 483 g/mol. The van der Waals surface area contributed by atoms with Crippen LogP contribution in [0.5, 0.6) is 0 Å². The van der Waals surface area contributed by atoms with Gasteiger partial charge in [-0.2, -0.15) is 0 Å². The molecule has 0 aromatic heterocycles. The van der Waals surface area contributed by atoms with Crippen molar-refractivity contribution in [3.63, 3.8) is 0 Å². The number of rotatable bonds is 9. The number of carbonyl (C=O) groups excluding carboxylic acids is 1. The molecular formula is C21H35IN4O3. The molecule has 164 valence electrons.